The van der Waals surface area contributed by atoms with Gasteiger partial charge in [-0.3, -0.25) is 4.79 Å². The first-order valence-corrected chi connectivity index (χ1v) is 7.28. The van der Waals surface area contributed by atoms with E-state index in [4.69, 9.17) is 9.47 Å². The lowest BCUT2D eigenvalue weighted by Gasteiger charge is -2.43. The number of aryl methyl sites for hydroxylation is 1. The van der Waals surface area contributed by atoms with E-state index >= 15 is 0 Å². The zero-order valence-electron chi connectivity index (χ0n) is 14.2. The molecule has 0 aromatic heterocycles. The molecule has 22 heavy (non-hydrogen) atoms. The number of methoxy groups -OCH3 is 2. The summed E-state index contributed by atoms with van der Waals surface area (Å²) in [6, 6.07) is 5.81. The fourth-order valence-electron chi connectivity index (χ4n) is 2.90. The van der Waals surface area contributed by atoms with Crippen LogP contribution in [-0.2, 0) is 14.9 Å². The summed E-state index contributed by atoms with van der Waals surface area (Å²) < 4.78 is 10.7. The summed E-state index contributed by atoms with van der Waals surface area (Å²) in [4.78, 5) is 12.8. The fraction of sp³-hybridized carbons (Fsp3) is 0.421. The van der Waals surface area contributed by atoms with Gasteiger partial charge in [0, 0.05) is 11.0 Å². The van der Waals surface area contributed by atoms with Gasteiger partial charge in [-0.15, -0.1) is 13.2 Å². The van der Waals surface area contributed by atoms with E-state index in [1.165, 1.54) is 7.11 Å². The summed E-state index contributed by atoms with van der Waals surface area (Å²) in [7, 11) is 3.01. The van der Waals surface area contributed by atoms with Crippen molar-refractivity contribution in [2.45, 2.75) is 32.6 Å². The van der Waals surface area contributed by atoms with Gasteiger partial charge in [-0.1, -0.05) is 43.7 Å². The van der Waals surface area contributed by atoms with Crippen LogP contribution >= 0.6 is 0 Å². The molecule has 1 rings (SSSR count). The summed E-state index contributed by atoms with van der Waals surface area (Å²) in [5.41, 5.74) is 0.359. The largest absolute Gasteiger partial charge is 0.496 e. The normalized spacial score (nSPS) is 13.9. The molecule has 0 bridgehead atoms. The number of esters is 1. The van der Waals surface area contributed by atoms with Crippen molar-refractivity contribution in [3.05, 3.63) is 54.6 Å². The Hall–Kier alpha value is -2.03. The Morgan fingerprint density at radius 2 is 1.91 bits per heavy atom. The standard InChI is InChI=1S/C19H26O3/c1-8-12-19(17(20)22-7,18(4,5)9-2)15-13-14(3)10-11-16(15)21-6/h8-11,13H,1-2,12H2,3-7H3/t19-/m1/s1. The number of ether oxygens (including phenoxy) is 2. The lowest BCUT2D eigenvalue weighted by molar-refractivity contribution is -0.151. The van der Waals surface area contributed by atoms with Crippen molar-refractivity contribution in [1.82, 2.24) is 0 Å². The fourth-order valence-corrected chi connectivity index (χ4v) is 2.90. The quantitative estimate of drug-likeness (QED) is 0.559. The summed E-state index contributed by atoms with van der Waals surface area (Å²) in [6.07, 6.45) is 3.96. The van der Waals surface area contributed by atoms with Crippen molar-refractivity contribution >= 4 is 5.97 Å². The highest BCUT2D eigenvalue weighted by atomic mass is 16.5. The lowest BCUT2D eigenvalue weighted by Crippen LogP contribution is -2.48. The molecular formula is C19H26O3. The maximum atomic E-state index is 12.8. The van der Waals surface area contributed by atoms with Gasteiger partial charge in [0.05, 0.1) is 14.2 Å². The Kier molecular flexibility index (Phi) is 5.59. The number of carbonyl (C=O) groups is 1. The molecule has 3 heteroatoms. The number of rotatable bonds is 7. The molecule has 0 amide bonds. The predicted octanol–water partition coefficient (Wildman–Crippen LogP) is 4.20. The highest BCUT2D eigenvalue weighted by Crippen LogP contribution is 2.49. The van der Waals surface area contributed by atoms with Crippen molar-refractivity contribution in [2.75, 3.05) is 14.2 Å². The second kappa shape index (κ2) is 6.82. The van der Waals surface area contributed by atoms with Crippen molar-refractivity contribution < 1.29 is 14.3 Å². The minimum atomic E-state index is -0.942. The molecule has 0 radical (unpaired) electrons. The Morgan fingerprint density at radius 1 is 1.27 bits per heavy atom. The molecule has 0 fully saturated rings. The molecule has 0 saturated carbocycles. The van der Waals surface area contributed by atoms with E-state index in [1.807, 2.05) is 39.0 Å². The molecule has 0 aliphatic carbocycles. The Labute approximate surface area is 133 Å². The summed E-state index contributed by atoms with van der Waals surface area (Å²) >= 11 is 0. The Balaban J connectivity index is 3.84. The molecule has 0 N–H and O–H groups in total. The van der Waals surface area contributed by atoms with Gasteiger partial charge in [-0.05, 0) is 19.4 Å². The van der Waals surface area contributed by atoms with Gasteiger partial charge in [-0.2, -0.15) is 0 Å². The smallest absolute Gasteiger partial charge is 0.317 e. The molecule has 3 nitrogen and oxygen atoms in total. The van der Waals surface area contributed by atoms with E-state index in [0.29, 0.717) is 12.2 Å². The van der Waals surface area contributed by atoms with Crippen molar-refractivity contribution in [2.24, 2.45) is 5.41 Å². The van der Waals surface area contributed by atoms with Crippen molar-refractivity contribution in [3.8, 4) is 5.75 Å². The third kappa shape index (κ3) is 2.80. The molecule has 1 atom stereocenters. The van der Waals surface area contributed by atoms with Gasteiger partial charge >= 0.3 is 5.97 Å². The first-order valence-electron chi connectivity index (χ1n) is 7.28. The highest BCUT2D eigenvalue weighted by Gasteiger charge is 2.52. The van der Waals surface area contributed by atoms with Gasteiger partial charge in [0.1, 0.15) is 11.2 Å². The molecule has 0 saturated heterocycles. The average molecular weight is 302 g/mol. The van der Waals surface area contributed by atoms with Crippen LogP contribution in [0.1, 0.15) is 31.4 Å². The van der Waals surface area contributed by atoms with Crippen LogP contribution in [0.3, 0.4) is 0 Å². The van der Waals surface area contributed by atoms with E-state index in [2.05, 4.69) is 13.2 Å². The SMILES string of the molecule is C=CC[C@](C(=O)OC)(c1cc(C)ccc1OC)C(C)(C)C=C. The van der Waals surface area contributed by atoms with Crippen LogP contribution in [0.4, 0.5) is 0 Å². The average Bonchev–Trinajstić information content (AvgIpc) is 2.51. The van der Waals surface area contributed by atoms with E-state index in [-0.39, 0.29) is 5.97 Å². The molecule has 1 aromatic carbocycles. The van der Waals surface area contributed by atoms with Crippen molar-refractivity contribution in [3.63, 3.8) is 0 Å². The lowest BCUT2D eigenvalue weighted by atomic mass is 9.59. The zero-order chi connectivity index (χ0) is 17.0. The van der Waals surface area contributed by atoms with E-state index in [9.17, 15) is 4.79 Å². The first-order chi connectivity index (χ1) is 10.3. The van der Waals surface area contributed by atoms with E-state index in [1.54, 1.807) is 19.3 Å². The van der Waals surface area contributed by atoms with Gasteiger partial charge in [0.15, 0.2) is 0 Å². The Morgan fingerprint density at radius 3 is 2.36 bits per heavy atom. The molecule has 1 aromatic rings. The maximum Gasteiger partial charge on any atom is 0.317 e. The minimum absolute atomic E-state index is 0.318. The number of allylic oxidation sites excluding steroid dienone is 2. The molecular weight excluding hydrogens is 276 g/mol. The predicted molar refractivity (Wildman–Crippen MR) is 90.2 cm³/mol. The molecule has 0 aliphatic heterocycles. The molecule has 0 heterocycles. The van der Waals surface area contributed by atoms with Crippen LogP contribution in [0.2, 0.25) is 0 Å². The topological polar surface area (TPSA) is 35.5 Å². The third-order valence-electron chi connectivity index (χ3n) is 4.41. The van der Waals surface area contributed by atoms with Crippen LogP contribution in [0.5, 0.6) is 5.75 Å². The number of benzene rings is 1. The minimum Gasteiger partial charge on any atom is -0.496 e. The number of hydrogen-bond acceptors (Lipinski definition) is 3. The van der Waals surface area contributed by atoms with Gasteiger partial charge in [0.25, 0.3) is 0 Å². The molecule has 0 aliphatic rings. The highest BCUT2D eigenvalue weighted by molar-refractivity contribution is 5.86. The second-order valence-corrected chi connectivity index (χ2v) is 6.02. The van der Waals surface area contributed by atoms with Crippen LogP contribution in [-0.4, -0.2) is 20.2 Å². The zero-order valence-corrected chi connectivity index (χ0v) is 14.2. The maximum absolute atomic E-state index is 12.8. The molecule has 0 spiro atoms. The number of hydrogen-bond donors (Lipinski definition) is 0. The second-order valence-electron chi connectivity index (χ2n) is 6.02. The Bertz CT molecular complexity index is 572. The number of carbonyl (C=O) groups excluding carboxylic acids is 1. The van der Waals surface area contributed by atoms with Crippen molar-refractivity contribution in [1.29, 1.82) is 0 Å². The molecule has 0 unspecified atom stereocenters. The van der Waals surface area contributed by atoms with E-state index < -0.39 is 10.8 Å². The summed E-state index contributed by atoms with van der Waals surface area (Å²) in [6.45, 7) is 13.7. The first kappa shape index (κ1) is 18.0. The van der Waals surface area contributed by atoms with Crippen LogP contribution in [0.25, 0.3) is 0 Å². The van der Waals surface area contributed by atoms with Gasteiger partial charge in [0.2, 0.25) is 0 Å². The van der Waals surface area contributed by atoms with E-state index in [0.717, 1.165) is 11.1 Å². The summed E-state index contributed by atoms with van der Waals surface area (Å²) in [5, 5.41) is 0. The molecule has 120 valence electrons. The summed E-state index contributed by atoms with van der Waals surface area (Å²) in [5.74, 6) is 0.342. The van der Waals surface area contributed by atoms with Gasteiger partial charge < -0.3 is 9.47 Å². The monoisotopic (exact) mass is 302 g/mol. The van der Waals surface area contributed by atoms with Crippen LogP contribution < -0.4 is 4.74 Å². The van der Waals surface area contributed by atoms with Gasteiger partial charge in [-0.25, -0.2) is 0 Å². The van der Waals surface area contributed by atoms with Crippen LogP contribution in [0.15, 0.2) is 43.5 Å². The third-order valence-corrected chi connectivity index (χ3v) is 4.41. The van der Waals surface area contributed by atoms with Crippen LogP contribution in [0, 0.1) is 12.3 Å².